The van der Waals surface area contributed by atoms with Gasteiger partial charge in [-0.15, -0.1) is 0 Å². The molecule has 1 aromatic heterocycles. The van der Waals surface area contributed by atoms with Crippen molar-refractivity contribution in [2.45, 2.75) is 77.8 Å². The maximum atomic E-state index is 12.9. The second-order valence-corrected chi connectivity index (χ2v) is 9.07. The summed E-state index contributed by atoms with van der Waals surface area (Å²) < 4.78 is 2.01. The molecule has 0 bridgehead atoms. The first kappa shape index (κ1) is 23.8. The number of aromatic nitrogens is 1. The summed E-state index contributed by atoms with van der Waals surface area (Å²) in [5, 5.41) is 17.0. The number of hydrogen-bond acceptors (Lipinski definition) is 4. The summed E-state index contributed by atoms with van der Waals surface area (Å²) in [6.45, 7) is 6.90. The molecule has 2 unspecified atom stereocenters. The number of likely N-dealkylation sites (tertiary alicyclic amines) is 1. The molecule has 2 fully saturated rings. The molecular weight excluding hydrogens is 396 g/mol. The average molecular weight is 431 g/mol. The lowest BCUT2D eigenvalue weighted by molar-refractivity contribution is 0.0888. The average Bonchev–Trinajstić information content (AvgIpc) is 3.47. The van der Waals surface area contributed by atoms with Crippen LogP contribution in [0.4, 0.5) is 0 Å². The van der Waals surface area contributed by atoms with Crippen molar-refractivity contribution in [2.24, 2.45) is 5.92 Å². The lowest BCUT2D eigenvalue weighted by Crippen LogP contribution is -2.38. The molecule has 168 valence electrons. The first-order valence-corrected chi connectivity index (χ1v) is 11.8. The number of ketones is 1. The van der Waals surface area contributed by atoms with Crippen LogP contribution in [0.2, 0.25) is 0 Å². The van der Waals surface area contributed by atoms with Crippen LogP contribution < -0.4 is 0 Å². The quantitative estimate of drug-likeness (QED) is 0.520. The van der Waals surface area contributed by atoms with Crippen molar-refractivity contribution < 1.29 is 4.79 Å². The summed E-state index contributed by atoms with van der Waals surface area (Å²) in [6, 6.07) is 14.6. The molecule has 2 aliphatic rings. The van der Waals surface area contributed by atoms with Gasteiger partial charge in [0.15, 0.2) is 5.78 Å². The van der Waals surface area contributed by atoms with E-state index in [9.17, 15) is 4.79 Å². The normalized spacial score (nSPS) is 20.2. The Morgan fingerprint density at radius 2 is 1.81 bits per heavy atom. The minimum atomic E-state index is 0.192. The van der Waals surface area contributed by atoms with Crippen molar-refractivity contribution in [3.8, 4) is 17.8 Å². The molecule has 4 rings (SSSR count). The van der Waals surface area contributed by atoms with Gasteiger partial charge in [-0.2, -0.15) is 10.5 Å². The Labute approximate surface area is 192 Å². The van der Waals surface area contributed by atoms with Crippen LogP contribution in [0.5, 0.6) is 0 Å². The van der Waals surface area contributed by atoms with Crippen LogP contribution in [-0.2, 0) is 0 Å². The van der Waals surface area contributed by atoms with Gasteiger partial charge < -0.3 is 4.57 Å². The highest BCUT2D eigenvalue weighted by Crippen LogP contribution is 2.33. The maximum Gasteiger partial charge on any atom is 0.178 e. The molecule has 5 heteroatoms. The number of nitriles is 2. The summed E-state index contributed by atoms with van der Waals surface area (Å²) in [5.74, 6) is 1.12. The molecular formula is C27H34N4O. The zero-order valence-corrected chi connectivity index (χ0v) is 19.6. The fraction of sp³-hybridized carbons (Fsp3) is 0.519. The molecule has 32 heavy (non-hydrogen) atoms. The molecule has 2 aromatic rings. The summed E-state index contributed by atoms with van der Waals surface area (Å²) in [4.78, 5) is 15.2. The van der Waals surface area contributed by atoms with E-state index in [1.807, 2.05) is 35.9 Å². The van der Waals surface area contributed by atoms with E-state index in [0.717, 1.165) is 42.1 Å². The van der Waals surface area contributed by atoms with Gasteiger partial charge in [0.1, 0.15) is 0 Å². The van der Waals surface area contributed by atoms with Crippen LogP contribution in [0.1, 0.15) is 80.4 Å². The van der Waals surface area contributed by atoms with Crippen LogP contribution in [-0.4, -0.2) is 33.9 Å². The Balaban J connectivity index is 0.000000352. The highest BCUT2D eigenvalue weighted by Gasteiger charge is 2.31. The number of benzene rings is 1. The Morgan fingerprint density at radius 1 is 1.09 bits per heavy atom. The standard InChI is InChI=1S/C21H25N3O.C6H9N/c1-4-18-8-5-15(2)24(18)14-21(25)20-11-12-23(16(20)3)19-9-6-17(13-22)7-10-19;7-5-1-2-6-3-4-6/h6-7,9-12,15,18H,4-5,8,14H2,1-3H3;6H,1-4H2. The summed E-state index contributed by atoms with van der Waals surface area (Å²) in [6.07, 6.45) is 10.1. The molecule has 2 atom stereocenters. The summed E-state index contributed by atoms with van der Waals surface area (Å²) in [7, 11) is 0. The number of nitrogens with zero attached hydrogens (tertiary/aromatic N) is 4. The zero-order chi connectivity index (χ0) is 23.1. The molecule has 2 heterocycles. The van der Waals surface area contributed by atoms with Crippen molar-refractivity contribution in [1.82, 2.24) is 9.47 Å². The first-order valence-electron chi connectivity index (χ1n) is 11.8. The van der Waals surface area contributed by atoms with E-state index in [4.69, 9.17) is 10.5 Å². The van der Waals surface area contributed by atoms with Crippen molar-refractivity contribution in [2.75, 3.05) is 6.54 Å². The molecule has 0 amide bonds. The van der Waals surface area contributed by atoms with Crippen molar-refractivity contribution >= 4 is 5.78 Å². The lowest BCUT2D eigenvalue weighted by atomic mass is 10.1. The van der Waals surface area contributed by atoms with E-state index in [1.165, 1.54) is 25.7 Å². The lowest BCUT2D eigenvalue weighted by Gasteiger charge is -2.26. The maximum absolute atomic E-state index is 12.9. The van der Waals surface area contributed by atoms with Crippen LogP contribution in [0, 0.1) is 35.5 Å². The van der Waals surface area contributed by atoms with E-state index in [0.29, 0.717) is 24.2 Å². The van der Waals surface area contributed by atoms with Gasteiger partial charge >= 0.3 is 0 Å². The van der Waals surface area contributed by atoms with Gasteiger partial charge in [0.05, 0.1) is 24.2 Å². The highest BCUT2D eigenvalue weighted by atomic mass is 16.1. The van der Waals surface area contributed by atoms with Crippen LogP contribution in [0.25, 0.3) is 5.69 Å². The van der Waals surface area contributed by atoms with Gasteiger partial charge in [0, 0.05) is 41.6 Å². The van der Waals surface area contributed by atoms with Crippen LogP contribution >= 0.6 is 0 Å². The molecule has 0 N–H and O–H groups in total. The second kappa shape index (κ2) is 11.1. The number of Topliss-reactive ketones (excluding diaryl/α,β-unsaturated/α-hetero) is 1. The molecule has 1 saturated heterocycles. The van der Waals surface area contributed by atoms with E-state index < -0.39 is 0 Å². The molecule has 1 aromatic carbocycles. The molecule has 1 aliphatic carbocycles. The molecule has 1 aliphatic heterocycles. The van der Waals surface area contributed by atoms with E-state index >= 15 is 0 Å². The molecule has 1 saturated carbocycles. The second-order valence-electron chi connectivity index (χ2n) is 9.07. The van der Waals surface area contributed by atoms with Crippen LogP contribution in [0.15, 0.2) is 36.5 Å². The third kappa shape index (κ3) is 5.87. The van der Waals surface area contributed by atoms with Gasteiger partial charge in [-0.25, -0.2) is 0 Å². The molecule has 0 spiro atoms. The third-order valence-corrected chi connectivity index (χ3v) is 6.83. The first-order chi connectivity index (χ1) is 15.5. The van der Waals surface area contributed by atoms with Gasteiger partial charge in [-0.3, -0.25) is 9.69 Å². The van der Waals surface area contributed by atoms with E-state index in [-0.39, 0.29) is 5.78 Å². The summed E-state index contributed by atoms with van der Waals surface area (Å²) >= 11 is 0. The third-order valence-electron chi connectivity index (χ3n) is 6.83. The molecule has 0 radical (unpaired) electrons. The number of hydrogen-bond donors (Lipinski definition) is 0. The van der Waals surface area contributed by atoms with Crippen molar-refractivity contribution in [3.05, 3.63) is 53.3 Å². The van der Waals surface area contributed by atoms with Crippen molar-refractivity contribution in [3.63, 3.8) is 0 Å². The Kier molecular flexibility index (Phi) is 8.26. The minimum Gasteiger partial charge on any atom is -0.320 e. The number of rotatable bonds is 7. The fourth-order valence-electron chi connectivity index (χ4n) is 4.56. The largest absolute Gasteiger partial charge is 0.320 e. The fourth-order valence-corrected chi connectivity index (χ4v) is 4.56. The van der Waals surface area contributed by atoms with Crippen molar-refractivity contribution in [1.29, 1.82) is 10.5 Å². The minimum absolute atomic E-state index is 0.192. The molecule has 5 nitrogen and oxygen atoms in total. The predicted octanol–water partition coefficient (Wildman–Crippen LogP) is 5.80. The van der Waals surface area contributed by atoms with Gasteiger partial charge in [0.2, 0.25) is 0 Å². The predicted molar refractivity (Wildman–Crippen MR) is 127 cm³/mol. The smallest absolute Gasteiger partial charge is 0.178 e. The monoisotopic (exact) mass is 430 g/mol. The van der Waals surface area contributed by atoms with E-state index in [2.05, 4.69) is 30.9 Å². The van der Waals surface area contributed by atoms with Gasteiger partial charge in [-0.1, -0.05) is 19.8 Å². The van der Waals surface area contributed by atoms with Gasteiger partial charge in [-0.05, 0) is 75.8 Å². The Morgan fingerprint density at radius 3 is 2.41 bits per heavy atom. The summed E-state index contributed by atoms with van der Waals surface area (Å²) in [5.41, 5.74) is 3.35. The van der Waals surface area contributed by atoms with Crippen LogP contribution in [0.3, 0.4) is 0 Å². The topological polar surface area (TPSA) is 72.8 Å². The Hall–Kier alpha value is -2.89. The highest BCUT2D eigenvalue weighted by molar-refractivity contribution is 5.99. The number of carbonyl (C=O) groups is 1. The van der Waals surface area contributed by atoms with Gasteiger partial charge in [0.25, 0.3) is 0 Å². The van der Waals surface area contributed by atoms with E-state index in [1.54, 1.807) is 12.1 Å². The number of carbonyl (C=O) groups excluding carboxylic acids is 1. The zero-order valence-electron chi connectivity index (χ0n) is 19.6. The Bertz CT molecular complexity index is 988. The SMILES string of the molecule is CCC1CCC(C)N1CC(=O)c1ccn(-c2ccc(C#N)cc2)c1C.N#CCCC1CC1.